The second kappa shape index (κ2) is 1.94. The molecule has 1 aliphatic rings. The van der Waals surface area contributed by atoms with E-state index in [1.54, 1.807) is 12.6 Å². The van der Waals surface area contributed by atoms with E-state index in [-0.39, 0.29) is 0 Å². The second-order valence-electron chi connectivity index (χ2n) is 1.90. The Balaban J connectivity index is 2.59. The summed E-state index contributed by atoms with van der Waals surface area (Å²) >= 11 is 0. The molecule has 1 rings (SSSR count). The molecule has 0 N–H and O–H groups in total. The summed E-state index contributed by atoms with van der Waals surface area (Å²) < 4.78 is 0. The zero-order valence-electron chi connectivity index (χ0n) is 5.07. The van der Waals surface area contributed by atoms with Crippen molar-refractivity contribution in [2.24, 2.45) is 10.2 Å². The Morgan fingerprint density at radius 3 is 2.62 bits per heavy atom. The Morgan fingerprint density at radius 1 is 1.50 bits per heavy atom. The van der Waals surface area contributed by atoms with Gasteiger partial charge in [-0.3, -0.25) is 0 Å². The summed E-state index contributed by atoms with van der Waals surface area (Å²) in [6.07, 6.45) is 3.52. The third kappa shape index (κ3) is 0.857. The van der Waals surface area contributed by atoms with E-state index >= 15 is 0 Å². The molecule has 3 heteroatoms. The summed E-state index contributed by atoms with van der Waals surface area (Å²) in [6.45, 7) is 2.06. The number of nitrogens with zero attached hydrogens (tertiary/aromatic N) is 3. The molecule has 0 radical (unpaired) electrons. The molecule has 0 saturated carbocycles. The first-order valence-corrected chi connectivity index (χ1v) is 2.59. The predicted octanol–water partition coefficient (Wildman–Crippen LogP) is 0.334. The zero-order valence-corrected chi connectivity index (χ0v) is 5.07. The Labute approximate surface area is 48.7 Å². The fraction of sp³-hybridized carbons (Fsp3) is 0.600. The van der Waals surface area contributed by atoms with Crippen LogP contribution in [-0.4, -0.2) is 30.5 Å². The van der Waals surface area contributed by atoms with Gasteiger partial charge in [0.1, 0.15) is 6.34 Å². The molecule has 0 saturated heterocycles. The molecular weight excluding hydrogens is 102 g/mol. The summed E-state index contributed by atoms with van der Waals surface area (Å²) in [5, 5.41) is 7.39. The lowest BCUT2D eigenvalue weighted by Gasteiger charge is -2.18. The molecule has 8 heavy (non-hydrogen) atoms. The van der Waals surface area contributed by atoms with Gasteiger partial charge in [-0.25, -0.2) is 0 Å². The molecule has 0 bridgehead atoms. The molecule has 0 amide bonds. The van der Waals surface area contributed by atoms with Crippen LogP contribution in [0.3, 0.4) is 0 Å². The molecule has 1 heterocycles. The molecule has 0 aliphatic carbocycles. The van der Waals surface area contributed by atoms with Crippen LogP contribution >= 0.6 is 0 Å². The van der Waals surface area contributed by atoms with Gasteiger partial charge in [0.25, 0.3) is 0 Å². The van der Waals surface area contributed by atoms with Gasteiger partial charge in [-0.05, 0) is 6.92 Å². The van der Waals surface area contributed by atoms with Crippen molar-refractivity contribution in [2.45, 2.75) is 13.0 Å². The third-order valence-electron chi connectivity index (χ3n) is 1.23. The van der Waals surface area contributed by atoms with Crippen molar-refractivity contribution >= 4 is 12.6 Å². The van der Waals surface area contributed by atoms with Crippen molar-refractivity contribution in [3.63, 3.8) is 0 Å². The number of hydrogen-bond acceptors (Lipinski definition) is 3. The molecule has 0 aromatic carbocycles. The monoisotopic (exact) mass is 111 g/mol. The minimum Gasteiger partial charge on any atom is -0.356 e. The van der Waals surface area contributed by atoms with E-state index in [9.17, 15) is 0 Å². The summed E-state index contributed by atoms with van der Waals surface area (Å²) in [6, 6.07) is 0.396. The standard InChI is InChI=1S/C5H9N3/c1-5-3-6-7-4-8(5)2/h3-5H,1-2H3. The van der Waals surface area contributed by atoms with Crippen LogP contribution < -0.4 is 0 Å². The number of rotatable bonds is 0. The van der Waals surface area contributed by atoms with E-state index in [1.807, 2.05) is 11.9 Å². The molecular formula is C5H9N3. The van der Waals surface area contributed by atoms with Gasteiger partial charge in [0, 0.05) is 13.3 Å². The average molecular weight is 111 g/mol. The van der Waals surface area contributed by atoms with Gasteiger partial charge in [0.05, 0.1) is 6.04 Å². The lowest BCUT2D eigenvalue weighted by molar-refractivity contribution is 0.484. The second-order valence-corrected chi connectivity index (χ2v) is 1.90. The van der Waals surface area contributed by atoms with Crippen molar-refractivity contribution in [2.75, 3.05) is 7.05 Å². The van der Waals surface area contributed by atoms with E-state index in [4.69, 9.17) is 0 Å². The van der Waals surface area contributed by atoms with E-state index in [1.165, 1.54) is 0 Å². The largest absolute Gasteiger partial charge is 0.356 e. The fourth-order valence-electron chi connectivity index (χ4n) is 0.457. The van der Waals surface area contributed by atoms with Crippen LogP contribution in [0.5, 0.6) is 0 Å². The van der Waals surface area contributed by atoms with Crippen molar-refractivity contribution < 1.29 is 0 Å². The lowest BCUT2D eigenvalue weighted by atomic mass is 10.3. The van der Waals surface area contributed by atoms with Gasteiger partial charge in [-0.2, -0.15) is 5.10 Å². The molecule has 0 fully saturated rings. The SMILES string of the molecule is CC1C=NN=CN1C. The summed E-state index contributed by atoms with van der Waals surface area (Å²) in [5.74, 6) is 0. The van der Waals surface area contributed by atoms with Gasteiger partial charge in [-0.1, -0.05) is 0 Å². The highest BCUT2D eigenvalue weighted by molar-refractivity contribution is 5.72. The highest BCUT2D eigenvalue weighted by Gasteiger charge is 2.03. The van der Waals surface area contributed by atoms with Gasteiger partial charge >= 0.3 is 0 Å². The van der Waals surface area contributed by atoms with Crippen LogP contribution in [0.4, 0.5) is 0 Å². The van der Waals surface area contributed by atoms with Crippen molar-refractivity contribution in [1.29, 1.82) is 0 Å². The van der Waals surface area contributed by atoms with Crippen LogP contribution in [0.1, 0.15) is 6.92 Å². The molecule has 1 atom stereocenters. The predicted molar refractivity (Wildman–Crippen MR) is 34.2 cm³/mol. The lowest BCUT2D eigenvalue weighted by Crippen LogP contribution is -2.30. The van der Waals surface area contributed by atoms with E-state index in [0.717, 1.165) is 0 Å². The van der Waals surface area contributed by atoms with Gasteiger partial charge in [0.15, 0.2) is 0 Å². The highest BCUT2D eigenvalue weighted by atomic mass is 15.3. The Bertz CT molecular complexity index is 112. The quantitative estimate of drug-likeness (QED) is 0.443. The normalized spacial score (nSPS) is 26.8. The Hall–Kier alpha value is -0.860. The average Bonchev–Trinajstić information content (AvgIpc) is 1.77. The highest BCUT2D eigenvalue weighted by Crippen LogP contribution is 1.92. The minimum absolute atomic E-state index is 0.396. The van der Waals surface area contributed by atoms with Crippen molar-refractivity contribution in [3.8, 4) is 0 Å². The van der Waals surface area contributed by atoms with Crippen LogP contribution in [0.25, 0.3) is 0 Å². The molecule has 0 aromatic rings. The molecule has 1 aliphatic heterocycles. The van der Waals surface area contributed by atoms with Gasteiger partial charge < -0.3 is 4.90 Å². The molecule has 3 nitrogen and oxygen atoms in total. The van der Waals surface area contributed by atoms with Crippen LogP contribution in [0.15, 0.2) is 10.2 Å². The Morgan fingerprint density at radius 2 is 2.25 bits per heavy atom. The van der Waals surface area contributed by atoms with Crippen molar-refractivity contribution in [3.05, 3.63) is 0 Å². The smallest absolute Gasteiger partial charge is 0.114 e. The first-order chi connectivity index (χ1) is 3.80. The first kappa shape index (κ1) is 5.28. The molecule has 0 spiro atoms. The molecule has 1 unspecified atom stereocenters. The third-order valence-corrected chi connectivity index (χ3v) is 1.23. The van der Waals surface area contributed by atoms with Crippen LogP contribution in [-0.2, 0) is 0 Å². The molecule has 0 aromatic heterocycles. The van der Waals surface area contributed by atoms with Crippen molar-refractivity contribution in [1.82, 2.24) is 4.90 Å². The summed E-state index contributed by atoms with van der Waals surface area (Å²) in [5.41, 5.74) is 0. The summed E-state index contributed by atoms with van der Waals surface area (Å²) in [4.78, 5) is 1.99. The van der Waals surface area contributed by atoms with E-state index < -0.39 is 0 Å². The van der Waals surface area contributed by atoms with Gasteiger partial charge in [0.2, 0.25) is 0 Å². The maximum absolute atomic E-state index is 3.71. The summed E-state index contributed by atoms with van der Waals surface area (Å²) in [7, 11) is 1.97. The minimum atomic E-state index is 0.396. The van der Waals surface area contributed by atoms with Crippen LogP contribution in [0.2, 0.25) is 0 Å². The zero-order chi connectivity index (χ0) is 5.98. The topological polar surface area (TPSA) is 28.0 Å². The van der Waals surface area contributed by atoms with Crippen LogP contribution in [0, 0.1) is 0 Å². The first-order valence-electron chi connectivity index (χ1n) is 2.59. The maximum atomic E-state index is 3.71. The molecule has 44 valence electrons. The number of hydrogen-bond donors (Lipinski definition) is 0. The van der Waals surface area contributed by atoms with Gasteiger partial charge in [-0.15, -0.1) is 5.10 Å². The van der Waals surface area contributed by atoms with E-state index in [2.05, 4.69) is 17.1 Å². The van der Waals surface area contributed by atoms with E-state index in [0.29, 0.717) is 6.04 Å². The maximum Gasteiger partial charge on any atom is 0.114 e. The fourth-order valence-corrected chi connectivity index (χ4v) is 0.457. The Kier molecular flexibility index (Phi) is 1.28.